The van der Waals surface area contributed by atoms with Crippen molar-refractivity contribution in [3.05, 3.63) is 0 Å². The van der Waals surface area contributed by atoms with Crippen molar-refractivity contribution in [2.75, 3.05) is 13.3 Å². The average Bonchev–Trinajstić information content (AvgIpc) is 2.13. The van der Waals surface area contributed by atoms with Crippen molar-refractivity contribution in [1.82, 2.24) is 0 Å². The lowest BCUT2D eigenvalue weighted by Crippen LogP contribution is -2.06. The van der Waals surface area contributed by atoms with E-state index in [0.717, 1.165) is 11.6 Å². The molecule has 1 unspecified atom stereocenters. The van der Waals surface area contributed by atoms with Crippen molar-refractivity contribution in [2.45, 2.75) is 31.8 Å². The van der Waals surface area contributed by atoms with E-state index in [1.165, 1.54) is 19.3 Å². The van der Waals surface area contributed by atoms with E-state index in [9.17, 15) is 0 Å². The van der Waals surface area contributed by atoms with Crippen LogP contribution >= 0.6 is 7.92 Å². The van der Waals surface area contributed by atoms with Gasteiger partial charge in [-0.2, -0.15) is 0 Å². The van der Waals surface area contributed by atoms with E-state index in [0.29, 0.717) is 7.92 Å². The van der Waals surface area contributed by atoms with Gasteiger partial charge in [0.25, 0.3) is 0 Å². The molecule has 1 aliphatic rings. The van der Waals surface area contributed by atoms with Crippen molar-refractivity contribution in [2.24, 2.45) is 5.92 Å². The Balaban J connectivity index is 2.40. The lowest BCUT2D eigenvalue weighted by molar-refractivity contribution is 0.620. The van der Waals surface area contributed by atoms with Gasteiger partial charge in [-0.3, -0.25) is 0 Å². The standard InChI is InChI=1S/C8H17P/c1-7-5-4-6-8(7)9(2)3/h7-8H,4-6H2,1-3H3/t7-,8?/m0/s1. The van der Waals surface area contributed by atoms with Crippen molar-refractivity contribution in [3.63, 3.8) is 0 Å². The molecule has 1 fully saturated rings. The molecule has 1 heteroatoms. The average molecular weight is 144 g/mol. The third kappa shape index (κ3) is 1.67. The van der Waals surface area contributed by atoms with E-state index >= 15 is 0 Å². The molecule has 0 radical (unpaired) electrons. The van der Waals surface area contributed by atoms with Crippen molar-refractivity contribution >= 4 is 7.92 Å². The Bertz CT molecular complexity index is 88.6. The zero-order valence-corrected chi connectivity index (χ0v) is 7.62. The molecule has 0 aromatic heterocycles. The molecule has 1 saturated carbocycles. The molecular formula is C8H17P. The Kier molecular flexibility index (Phi) is 2.52. The highest BCUT2D eigenvalue weighted by Gasteiger charge is 2.25. The predicted octanol–water partition coefficient (Wildman–Crippen LogP) is 2.92. The maximum absolute atomic E-state index is 2.42. The van der Waals surface area contributed by atoms with Crippen LogP contribution in [0.5, 0.6) is 0 Å². The molecule has 0 nitrogen and oxygen atoms in total. The molecule has 0 amide bonds. The summed E-state index contributed by atoms with van der Waals surface area (Å²) in [6.45, 7) is 7.25. The smallest absolute Gasteiger partial charge is 0.0188 e. The van der Waals surface area contributed by atoms with Gasteiger partial charge in [0.05, 0.1) is 0 Å². The lowest BCUT2D eigenvalue weighted by Gasteiger charge is -2.19. The highest BCUT2D eigenvalue weighted by molar-refractivity contribution is 7.56. The molecule has 0 aromatic rings. The summed E-state index contributed by atoms with van der Waals surface area (Å²) >= 11 is 0. The van der Waals surface area contributed by atoms with E-state index in [4.69, 9.17) is 0 Å². The van der Waals surface area contributed by atoms with E-state index < -0.39 is 0 Å². The second-order valence-corrected chi connectivity index (χ2v) is 6.03. The highest BCUT2D eigenvalue weighted by atomic mass is 31.1. The van der Waals surface area contributed by atoms with Crippen LogP contribution in [0.4, 0.5) is 0 Å². The minimum Gasteiger partial charge on any atom is -0.110 e. The summed E-state index contributed by atoms with van der Waals surface area (Å²) in [6, 6.07) is 0. The summed E-state index contributed by atoms with van der Waals surface area (Å²) in [7, 11) is 0.359. The molecule has 0 aromatic carbocycles. The third-order valence-corrected chi connectivity index (χ3v) is 4.57. The first-order chi connectivity index (χ1) is 4.22. The van der Waals surface area contributed by atoms with Gasteiger partial charge in [-0.1, -0.05) is 19.8 Å². The molecule has 0 bridgehead atoms. The Morgan fingerprint density at radius 2 is 1.89 bits per heavy atom. The fourth-order valence-electron chi connectivity index (χ4n) is 1.89. The van der Waals surface area contributed by atoms with Crippen LogP contribution in [0.15, 0.2) is 0 Å². The second kappa shape index (κ2) is 3.01. The van der Waals surface area contributed by atoms with Gasteiger partial charge in [0.2, 0.25) is 0 Å². The van der Waals surface area contributed by atoms with E-state index in [-0.39, 0.29) is 0 Å². The molecule has 0 saturated heterocycles. The molecule has 0 aliphatic heterocycles. The highest BCUT2D eigenvalue weighted by Crippen LogP contribution is 2.45. The van der Waals surface area contributed by atoms with Gasteiger partial charge in [0, 0.05) is 0 Å². The van der Waals surface area contributed by atoms with Crippen LogP contribution in [0.3, 0.4) is 0 Å². The van der Waals surface area contributed by atoms with Crippen molar-refractivity contribution < 1.29 is 0 Å². The van der Waals surface area contributed by atoms with Crippen LogP contribution in [0.2, 0.25) is 0 Å². The zero-order chi connectivity index (χ0) is 6.85. The summed E-state index contributed by atoms with van der Waals surface area (Å²) in [4.78, 5) is 0. The Morgan fingerprint density at radius 3 is 2.11 bits per heavy atom. The van der Waals surface area contributed by atoms with Gasteiger partial charge in [-0.05, 0) is 31.3 Å². The number of hydrogen-bond acceptors (Lipinski definition) is 0. The second-order valence-electron chi connectivity index (χ2n) is 3.44. The molecular weight excluding hydrogens is 127 g/mol. The van der Waals surface area contributed by atoms with Gasteiger partial charge in [0.15, 0.2) is 0 Å². The third-order valence-electron chi connectivity index (χ3n) is 2.48. The van der Waals surface area contributed by atoms with E-state index in [1.54, 1.807) is 0 Å². The first-order valence-electron chi connectivity index (χ1n) is 3.88. The molecule has 0 heterocycles. The summed E-state index contributed by atoms with van der Waals surface area (Å²) in [5.41, 5.74) is 1.10. The number of rotatable bonds is 1. The fourth-order valence-corrected chi connectivity index (χ4v) is 3.76. The molecule has 54 valence electrons. The summed E-state index contributed by atoms with van der Waals surface area (Å²) in [6.07, 6.45) is 4.50. The zero-order valence-electron chi connectivity index (χ0n) is 6.72. The summed E-state index contributed by atoms with van der Waals surface area (Å²) < 4.78 is 0. The Labute approximate surface area is 59.8 Å². The topological polar surface area (TPSA) is 0 Å². The van der Waals surface area contributed by atoms with Crippen LogP contribution in [-0.2, 0) is 0 Å². The van der Waals surface area contributed by atoms with E-state index in [1.807, 2.05) is 0 Å². The minimum atomic E-state index is 0.359. The monoisotopic (exact) mass is 144 g/mol. The molecule has 1 rings (SSSR count). The van der Waals surface area contributed by atoms with Gasteiger partial charge in [0.1, 0.15) is 0 Å². The van der Waals surface area contributed by atoms with Crippen LogP contribution in [-0.4, -0.2) is 19.0 Å². The van der Waals surface area contributed by atoms with E-state index in [2.05, 4.69) is 20.3 Å². The Morgan fingerprint density at radius 1 is 1.22 bits per heavy atom. The maximum atomic E-state index is 2.42. The van der Waals surface area contributed by atoms with Gasteiger partial charge >= 0.3 is 0 Å². The number of hydrogen-bond donors (Lipinski definition) is 0. The summed E-state index contributed by atoms with van der Waals surface area (Å²) in [5, 5.41) is 0. The van der Waals surface area contributed by atoms with Gasteiger partial charge in [-0.15, -0.1) is 7.92 Å². The SMILES string of the molecule is C[C@H]1CCCC1P(C)C. The van der Waals surface area contributed by atoms with Crippen molar-refractivity contribution in [1.29, 1.82) is 0 Å². The normalized spacial score (nSPS) is 36.0. The molecule has 9 heavy (non-hydrogen) atoms. The molecule has 0 spiro atoms. The predicted molar refractivity (Wildman–Crippen MR) is 45.6 cm³/mol. The maximum Gasteiger partial charge on any atom is -0.0188 e. The van der Waals surface area contributed by atoms with Crippen LogP contribution < -0.4 is 0 Å². The van der Waals surface area contributed by atoms with Gasteiger partial charge < -0.3 is 0 Å². The van der Waals surface area contributed by atoms with Crippen LogP contribution in [0, 0.1) is 5.92 Å². The molecule has 2 atom stereocenters. The first-order valence-corrected chi connectivity index (χ1v) is 6.19. The fraction of sp³-hybridized carbons (Fsp3) is 1.00. The molecule has 0 N–H and O–H groups in total. The van der Waals surface area contributed by atoms with Crippen LogP contribution in [0.25, 0.3) is 0 Å². The quantitative estimate of drug-likeness (QED) is 0.496. The largest absolute Gasteiger partial charge is 0.110 e. The van der Waals surface area contributed by atoms with Gasteiger partial charge in [-0.25, -0.2) is 0 Å². The minimum absolute atomic E-state index is 0.359. The Hall–Kier alpha value is 0.430. The van der Waals surface area contributed by atoms with Crippen molar-refractivity contribution in [3.8, 4) is 0 Å². The summed E-state index contributed by atoms with van der Waals surface area (Å²) in [5.74, 6) is 1.03. The van der Waals surface area contributed by atoms with Crippen LogP contribution in [0.1, 0.15) is 26.2 Å². The molecule has 1 aliphatic carbocycles. The first kappa shape index (κ1) is 7.54. The lowest BCUT2D eigenvalue weighted by atomic mass is 10.1.